The molecule has 0 amide bonds. The molecule has 6 nitrogen and oxygen atoms in total. The SMILES string of the molecule is O=C([O-])c1ccc(S(=O)(=O)O)o1.[K+]. The molecule has 0 aliphatic carbocycles. The van der Waals surface area contributed by atoms with Crippen molar-refractivity contribution in [2.45, 2.75) is 5.09 Å². The molecule has 0 aliphatic heterocycles. The predicted octanol–water partition coefficient (Wildman–Crippen LogP) is -4.11. The molecule has 1 heterocycles. The minimum Gasteiger partial charge on any atom is -0.542 e. The molecular formula is C5H3KO6S. The number of carboxylic acids is 1. The van der Waals surface area contributed by atoms with E-state index in [4.69, 9.17) is 4.55 Å². The quantitative estimate of drug-likeness (QED) is 0.408. The Hall–Kier alpha value is 0.296. The van der Waals surface area contributed by atoms with Crippen molar-refractivity contribution < 1.29 is 78.7 Å². The molecule has 1 aromatic rings. The molecule has 0 bridgehead atoms. The molecule has 0 atom stereocenters. The number of carbonyl (C=O) groups is 1. The first-order valence-electron chi connectivity index (χ1n) is 2.70. The van der Waals surface area contributed by atoms with E-state index in [0.717, 1.165) is 12.1 Å². The van der Waals surface area contributed by atoms with E-state index in [-0.39, 0.29) is 51.4 Å². The largest absolute Gasteiger partial charge is 1.00 e. The topological polar surface area (TPSA) is 108 Å². The molecule has 0 saturated heterocycles. The number of rotatable bonds is 2. The first kappa shape index (κ1) is 13.3. The van der Waals surface area contributed by atoms with E-state index in [2.05, 4.69) is 4.42 Å². The molecule has 1 N–H and O–H groups in total. The number of furan rings is 1. The van der Waals surface area contributed by atoms with Crippen LogP contribution in [0, 0.1) is 0 Å². The van der Waals surface area contributed by atoms with Gasteiger partial charge in [-0.2, -0.15) is 8.42 Å². The summed E-state index contributed by atoms with van der Waals surface area (Å²) < 4.78 is 33.2. The molecule has 13 heavy (non-hydrogen) atoms. The monoisotopic (exact) mass is 230 g/mol. The third-order valence-corrected chi connectivity index (χ3v) is 1.76. The molecule has 1 aromatic heterocycles. The Kier molecular flexibility index (Phi) is 4.79. The van der Waals surface area contributed by atoms with Crippen LogP contribution in [0.15, 0.2) is 21.6 Å². The minimum atomic E-state index is -4.47. The molecule has 1 rings (SSSR count). The maximum absolute atomic E-state index is 10.3. The van der Waals surface area contributed by atoms with Crippen LogP contribution in [-0.4, -0.2) is 18.9 Å². The van der Waals surface area contributed by atoms with Gasteiger partial charge in [0.1, 0.15) is 5.97 Å². The zero-order valence-corrected chi connectivity index (χ0v) is 10.5. The second kappa shape index (κ2) is 4.69. The Labute approximate surface area is 116 Å². The van der Waals surface area contributed by atoms with Crippen molar-refractivity contribution in [2.75, 3.05) is 0 Å². The summed E-state index contributed by atoms with van der Waals surface area (Å²) in [5, 5.41) is 9.24. The van der Waals surface area contributed by atoms with Crippen LogP contribution in [0.5, 0.6) is 0 Å². The second-order valence-electron chi connectivity index (χ2n) is 1.88. The van der Waals surface area contributed by atoms with E-state index < -0.39 is 26.9 Å². The van der Waals surface area contributed by atoms with Crippen LogP contribution in [-0.2, 0) is 10.1 Å². The van der Waals surface area contributed by atoms with Crippen molar-refractivity contribution in [1.29, 1.82) is 0 Å². The summed E-state index contributed by atoms with van der Waals surface area (Å²) in [6.07, 6.45) is 0. The molecule has 0 aromatic carbocycles. The van der Waals surface area contributed by atoms with E-state index in [9.17, 15) is 18.3 Å². The van der Waals surface area contributed by atoms with Gasteiger partial charge in [-0.1, -0.05) is 0 Å². The van der Waals surface area contributed by atoms with Crippen molar-refractivity contribution in [3.05, 3.63) is 17.9 Å². The molecule has 66 valence electrons. The molecule has 0 radical (unpaired) electrons. The summed E-state index contributed by atoms with van der Waals surface area (Å²) in [6, 6.07) is 1.69. The van der Waals surface area contributed by atoms with Gasteiger partial charge in [-0.15, -0.1) is 0 Å². The van der Waals surface area contributed by atoms with Gasteiger partial charge in [-0.05, 0) is 12.1 Å². The normalized spacial score (nSPS) is 10.5. The van der Waals surface area contributed by atoms with Crippen LogP contribution < -0.4 is 56.5 Å². The van der Waals surface area contributed by atoms with Gasteiger partial charge < -0.3 is 14.3 Å². The number of hydrogen-bond donors (Lipinski definition) is 1. The maximum atomic E-state index is 10.3. The molecule has 8 heteroatoms. The second-order valence-corrected chi connectivity index (χ2v) is 3.23. The van der Waals surface area contributed by atoms with Crippen LogP contribution in [0.4, 0.5) is 0 Å². The van der Waals surface area contributed by atoms with Gasteiger partial charge in [0.25, 0.3) is 0 Å². The van der Waals surface area contributed by atoms with Gasteiger partial charge in [0.15, 0.2) is 5.76 Å². The average molecular weight is 230 g/mol. The zero-order valence-electron chi connectivity index (χ0n) is 6.55. The average Bonchev–Trinajstić information content (AvgIpc) is 2.30. The van der Waals surface area contributed by atoms with Crippen molar-refractivity contribution in [2.24, 2.45) is 0 Å². The summed E-state index contributed by atoms with van der Waals surface area (Å²) in [5.74, 6) is -2.30. The van der Waals surface area contributed by atoms with E-state index in [0.29, 0.717) is 0 Å². The fourth-order valence-electron chi connectivity index (χ4n) is 0.568. The summed E-state index contributed by atoms with van der Waals surface area (Å²) in [6.45, 7) is 0. The van der Waals surface area contributed by atoms with Crippen LogP contribution in [0.3, 0.4) is 0 Å². The number of carbonyl (C=O) groups excluding carboxylic acids is 1. The van der Waals surface area contributed by atoms with Gasteiger partial charge in [-0.3, -0.25) is 4.55 Å². The Balaban J connectivity index is 0.00000144. The van der Waals surface area contributed by atoms with Gasteiger partial charge in [-0.25, -0.2) is 0 Å². The van der Waals surface area contributed by atoms with E-state index in [1.54, 1.807) is 0 Å². The Morgan fingerprint density at radius 3 is 2.23 bits per heavy atom. The first-order chi connectivity index (χ1) is 5.41. The first-order valence-corrected chi connectivity index (χ1v) is 4.14. The summed E-state index contributed by atoms with van der Waals surface area (Å²) >= 11 is 0. The smallest absolute Gasteiger partial charge is 0.542 e. The third-order valence-electron chi connectivity index (χ3n) is 1.04. The molecule has 0 unspecified atom stereocenters. The van der Waals surface area contributed by atoms with E-state index in [1.807, 2.05) is 0 Å². The Morgan fingerprint density at radius 2 is 2.00 bits per heavy atom. The molecule has 0 spiro atoms. The van der Waals surface area contributed by atoms with Crippen LogP contribution >= 0.6 is 0 Å². The van der Waals surface area contributed by atoms with Crippen molar-refractivity contribution >= 4 is 16.1 Å². The van der Waals surface area contributed by atoms with Crippen molar-refractivity contribution in [1.82, 2.24) is 0 Å². The van der Waals surface area contributed by atoms with Crippen molar-refractivity contribution in [3.8, 4) is 0 Å². The summed E-state index contributed by atoms with van der Waals surface area (Å²) in [7, 11) is -4.47. The van der Waals surface area contributed by atoms with E-state index >= 15 is 0 Å². The van der Waals surface area contributed by atoms with Crippen molar-refractivity contribution in [3.63, 3.8) is 0 Å². The van der Waals surface area contributed by atoms with Gasteiger partial charge in [0, 0.05) is 0 Å². The van der Waals surface area contributed by atoms with E-state index in [1.165, 1.54) is 0 Å². The standard InChI is InChI=1S/C5H4O6S.K/c6-5(7)3-1-2-4(11-3)12(8,9)10;/h1-2H,(H,6,7)(H,8,9,10);/q;+1/p-1. The molecule has 0 saturated carbocycles. The number of aromatic carboxylic acids is 1. The predicted molar refractivity (Wildman–Crippen MR) is 32.9 cm³/mol. The van der Waals surface area contributed by atoms with Crippen LogP contribution in [0.1, 0.15) is 10.6 Å². The summed E-state index contributed by atoms with van der Waals surface area (Å²) in [5.41, 5.74) is 0. The fourth-order valence-corrected chi connectivity index (χ4v) is 1.00. The van der Waals surface area contributed by atoms with Gasteiger partial charge in [0.05, 0.1) is 0 Å². The fraction of sp³-hybridized carbons (Fsp3) is 0. The van der Waals surface area contributed by atoms with Gasteiger partial charge in [0.2, 0.25) is 5.09 Å². The number of carboxylic acid groups (broad SMARTS) is 1. The van der Waals surface area contributed by atoms with Crippen LogP contribution in [0.25, 0.3) is 0 Å². The third kappa shape index (κ3) is 3.50. The Bertz CT molecular complexity index is 404. The molecule has 0 aliphatic rings. The van der Waals surface area contributed by atoms with Crippen LogP contribution in [0.2, 0.25) is 0 Å². The maximum Gasteiger partial charge on any atom is 1.00 e. The summed E-state index contributed by atoms with van der Waals surface area (Å²) in [4.78, 5) is 10.1. The molecule has 0 fully saturated rings. The van der Waals surface area contributed by atoms with Gasteiger partial charge >= 0.3 is 61.5 Å². The minimum absolute atomic E-state index is 0. The molecular weight excluding hydrogens is 227 g/mol. The zero-order chi connectivity index (χ0) is 9.35. The Morgan fingerprint density at radius 1 is 1.46 bits per heavy atom. The number of hydrogen-bond acceptors (Lipinski definition) is 5.